The molecule has 0 aromatic carbocycles. The molecule has 2 aliphatic rings. The Labute approximate surface area is 110 Å². The van der Waals surface area contributed by atoms with Crippen LogP contribution in [0.1, 0.15) is 25.0 Å². The van der Waals surface area contributed by atoms with E-state index < -0.39 is 5.60 Å². The maximum absolute atomic E-state index is 10.7. The quantitative estimate of drug-likeness (QED) is 0.913. The maximum atomic E-state index is 10.7. The van der Waals surface area contributed by atoms with Crippen molar-refractivity contribution in [2.24, 2.45) is 0 Å². The minimum atomic E-state index is -0.563. The zero-order valence-corrected chi connectivity index (χ0v) is 11.1. The molecule has 1 aliphatic heterocycles. The van der Waals surface area contributed by atoms with E-state index >= 15 is 0 Å². The van der Waals surface area contributed by atoms with Gasteiger partial charge in [-0.1, -0.05) is 0 Å². The van der Waals surface area contributed by atoms with Crippen LogP contribution in [0.3, 0.4) is 0 Å². The summed E-state index contributed by atoms with van der Waals surface area (Å²) in [6.07, 6.45) is 8.27. The van der Waals surface area contributed by atoms with E-state index in [0.29, 0.717) is 6.42 Å². The van der Waals surface area contributed by atoms with Crippen LogP contribution in [-0.2, 0) is 6.42 Å². The minimum Gasteiger partial charge on any atom is -0.388 e. The summed E-state index contributed by atoms with van der Waals surface area (Å²) in [6, 6.07) is 0.754. The Kier molecular flexibility index (Phi) is 2.31. The number of β-amino-alcohol motifs (C(OH)–C–C–N with tert-alkyl or cyclic N) is 1. The van der Waals surface area contributed by atoms with E-state index in [2.05, 4.69) is 9.88 Å². The molecule has 0 bridgehead atoms. The van der Waals surface area contributed by atoms with Gasteiger partial charge in [-0.25, -0.2) is 4.98 Å². The summed E-state index contributed by atoms with van der Waals surface area (Å²) in [7, 11) is 0. The SMILES string of the molecule is OC1(Cc2cn3ccsc3n2)CCN(C2CC2)C1. The number of aliphatic hydroxyl groups is 1. The Balaban J connectivity index is 1.51. The summed E-state index contributed by atoms with van der Waals surface area (Å²) >= 11 is 1.64. The van der Waals surface area contributed by atoms with Crippen molar-refractivity contribution in [1.82, 2.24) is 14.3 Å². The number of thiazole rings is 1. The van der Waals surface area contributed by atoms with Crippen molar-refractivity contribution in [2.75, 3.05) is 13.1 Å². The van der Waals surface area contributed by atoms with Gasteiger partial charge in [0.15, 0.2) is 4.96 Å². The lowest BCUT2D eigenvalue weighted by atomic mass is 9.97. The van der Waals surface area contributed by atoms with Gasteiger partial charge in [-0.05, 0) is 19.3 Å². The Morgan fingerprint density at radius 2 is 2.39 bits per heavy atom. The van der Waals surface area contributed by atoms with Crippen molar-refractivity contribution >= 4 is 16.3 Å². The molecule has 4 rings (SSSR count). The van der Waals surface area contributed by atoms with E-state index in [1.165, 1.54) is 12.8 Å². The van der Waals surface area contributed by atoms with Gasteiger partial charge >= 0.3 is 0 Å². The lowest BCUT2D eigenvalue weighted by molar-refractivity contribution is 0.0479. The van der Waals surface area contributed by atoms with Crippen LogP contribution in [0.15, 0.2) is 17.8 Å². The van der Waals surface area contributed by atoms with Crippen LogP contribution in [0.2, 0.25) is 0 Å². The number of hydrogen-bond donors (Lipinski definition) is 1. The van der Waals surface area contributed by atoms with E-state index in [4.69, 9.17) is 0 Å². The average molecular weight is 263 g/mol. The van der Waals surface area contributed by atoms with Crippen LogP contribution >= 0.6 is 11.3 Å². The van der Waals surface area contributed by atoms with Gasteiger partial charge < -0.3 is 5.11 Å². The van der Waals surface area contributed by atoms with Crippen LogP contribution in [0.5, 0.6) is 0 Å². The van der Waals surface area contributed by atoms with Crippen LogP contribution in [0.4, 0.5) is 0 Å². The molecular weight excluding hydrogens is 246 g/mol. The number of fused-ring (bicyclic) bond motifs is 1. The average Bonchev–Trinajstić information content (AvgIpc) is 2.81. The first-order valence-corrected chi connectivity index (χ1v) is 7.47. The third-order valence-corrected chi connectivity index (χ3v) is 4.85. The second-order valence-corrected chi connectivity index (χ2v) is 6.55. The van der Waals surface area contributed by atoms with Crippen molar-refractivity contribution in [1.29, 1.82) is 0 Å². The molecule has 96 valence electrons. The molecule has 1 unspecified atom stereocenters. The molecule has 0 amide bonds. The van der Waals surface area contributed by atoms with Crippen molar-refractivity contribution in [3.05, 3.63) is 23.5 Å². The Bertz CT molecular complexity index is 545. The number of rotatable bonds is 3. The van der Waals surface area contributed by atoms with E-state index in [1.807, 2.05) is 22.2 Å². The Hall–Kier alpha value is -0.910. The Morgan fingerprint density at radius 3 is 3.17 bits per heavy atom. The molecule has 2 aromatic rings. The molecule has 1 saturated heterocycles. The maximum Gasteiger partial charge on any atom is 0.193 e. The summed E-state index contributed by atoms with van der Waals surface area (Å²) in [5, 5.41) is 12.7. The molecule has 0 spiro atoms. The van der Waals surface area contributed by atoms with Gasteiger partial charge in [0.2, 0.25) is 0 Å². The molecule has 18 heavy (non-hydrogen) atoms. The fourth-order valence-electron chi connectivity index (χ4n) is 2.98. The molecule has 2 aromatic heterocycles. The largest absolute Gasteiger partial charge is 0.388 e. The topological polar surface area (TPSA) is 40.8 Å². The summed E-state index contributed by atoms with van der Waals surface area (Å²) in [4.78, 5) is 8.03. The van der Waals surface area contributed by atoms with Crippen molar-refractivity contribution < 1.29 is 5.11 Å². The smallest absolute Gasteiger partial charge is 0.193 e. The van der Waals surface area contributed by atoms with Crippen LogP contribution < -0.4 is 0 Å². The minimum absolute atomic E-state index is 0.563. The van der Waals surface area contributed by atoms with Gasteiger partial charge in [-0.15, -0.1) is 11.3 Å². The van der Waals surface area contributed by atoms with E-state index in [0.717, 1.165) is 36.2 Å². The zero-order chi connectivity index (χ0) is 12.2. The highest BCUT2D eigenvalue weighted by Crippen LogP contribution is 2.34. The highest BCUT2D eigenvalue weighted by molar-refractivity contribution is 7.15. The number of imidazole rings is 1. The first kappa shape index (κ1) is 11.0. The highest BCUT2D eigenvalue weighted by Gasteiger charge is 2.42. The molecule has 0 radical (unpaired) electrons. The number of aromatic nitrogens is 2. The monoisotopic (exact) mass is 263 g/mol. The summed E-state index contributed by atoms with van der Waals surface area (Å²) in [5.41, 5.74) is 0.453. The van der Waals surface area contributed by atoms with Crippen LogP contribution in [0.25, 0.3) is 4.96 Å². The van der Waals surface area contributed by atoms with Gasteiger partial charge in [-0.2, -0.15) is 0 Å². The predicted molar refractivity (Wildman–Crippen MR) is 70.9 cm³/mol. The van der Waals surface area contributed by atoms with Gasteiger partial charge in [-0.3, -0.25) is 9.30 Å². The highest BCUT2D eigenvalue weighted by atomic mass is 32.1. The number of nitrogens with zero attached hydrogens (tertiary/aromatic N) is 3. The number of hydrogen-bond acceptors (Lipinski definition) is 4. The predicted octanol–water partition coefficient (Wildman–Crippen LogP) is 1.54. The fourth-order valence-corrected chi connectivity index (χ4v) is 3.70. The molecule has 1 atom stereocenters. The third-order valence-electron chi connectivity index (χ3n) is 4.08. The second-order valence-electron chi connectivity index (χ2n) is 5.68. The lowest BCUT2D eigenvalue weighted by Crippen LogP contribution is -2.36. The molecule has 2 fully saturated rings. The van der Waals surface area contributed by atoms with Crippen LogP contribution in [-0.4, -0.2) is 44.1 Å². The molecule has 3 heterocycles. The van der Waals surface area contributed by atoms with Gasteiger partial charge in [0.1, 0.15) is 0 Å². The molecule has 4 nitrogen and oxygen atoms in total. The summed E-state index contributed by atoms with van der Waals surface area (Å²) in [5.74, 6) is 0. The van der Waals surface area contributed by atoms with Crippen molar-refractivity contribution in [3.8, 4) is 0 Å². The molecule has 1 N–H and O–H groups in total. The lowest BCUT2D eigenvalue weighted by Gasteiger charge is -2.22. The summed E-state index contributed by atoms with van der Waals surface area (Å²) < 4.78 is 2.04. The van der Waals surface area contributed by atoms with Crippen LogP contribution in [0, 0.1) is 0 Å². The first-order chi connectivity index (χ1) is 8.72. The standard InChI is InChI=1S/C13H17N3OS/c17-13(3-4-16(9-13)11-1-2-11)7-10-8-15-5-6-18-12(15)14-10/h5-6,8,11,17H,1-4,7,9H2. The fraction of sp³-hybridized carbons (Fsp3) is 0.615. The summed E-state index contributed by atoms with van der Waals surface area (Å²) in [6.45, 7) is 1.87. The molecule has 1 saturated carbocycles. The first-order valence-electron chi connectivity index (χ1n) is 6.59. The molecule has 5 heteroatoms. The van der Waals surface area contributed by atoms with Gasteiger partial charge in [0, 0.05) is 43.3 Å². The second kappa shape index (κ2) is 3.79. The van der Waals surface area contributed by atoms with Crippen molar-refractivity contribution in [3.63, 3.8) is 0 Å². The number of likely N-dealkylation sites (tertiary alicyclic amines) is 1. The zero-order valence-electron chi connectivity index (χ0n) is 10.2. The Morgan fingerprint density at radius 1 is 1.50 bits per heavy atom. The van der Waals surface area contributed by atoms with Crippen molar-refractivity contribution in [2.45, 2.75) is 37.3 Å². The van der Waals surface area contributed by atoms with Gasteiger partial charge in [0.25, 0.3) is 0 Å². The molecular formula is C13H17N3OS. The van der Waals surface area contributed by atoms with E-state index in [1.54, 1.807) is 11.3 Å². The van der Waals surface area contributed by atoms with Gasteiger partial charge in [0.05, 0.1) is 11.3 Å². The van der Waals surface area contributed by atoms with E-state index in [9.17, 15) is 5.11 Å². The normalized spacial score (nSPS) is 29.4. The molecule has 1 aliphatic carbocycles. The van der Waals surface area contributed by atoms with E-state index in [-0.39, 0.29) is 0 Å². The third kappa shape index (κ3) is 1.86.